The molecule has 1 aliphatic rings. The van der Waals surface area contributed by atoms with Gasteiger partial charge in [-0.2, -0.15) is 0 Å². The van der Waals surface area contributed by atoms with Gasteiger partial charge in [0.05, 0.1) is 17.4 Å². The Morgan fingerprint density at radius 3 is 2.56 bits per heavy atom. The van der Waals surface area contributed by atoms with E-state index in [4.69, 9.17) is 4.74 Å². The molecule has 102 valence electrons. The molecule has 5 nitrogen and oxygen atoms in total. The van der Waals surface area contributed by atoms with Crippen molar-refractivity contribution in [2.45, 2.75) is 56.7 Å². The first-order chi connectivity index (χ1) is 8.66. The van der Waals surface area contributed by atoms with E-state index in [0.29, 0.717) is 6.42 Å². The number of methoxy groups -OCH3 is 1. The predicted octanol–water partition coefficient (Wildman–Crippen LogP) is 1.46. The second-order valence-electron chi connectivity index (χ2n) is 5.29. The lowest BCUT2D eigenvalue weighted by molar-refractivity contribution is -0.111. The van der Waals surface area contributed by atoms with Crippen molar-refractivity contribution in [1.82, 2.24) is 15.0 Å². The lowest BCUT2D eigenvalue weighted by Gasteiger charge is -2.35. The fourth-order valence-electron chi connectivity index (χ4n) is 2.87. The number of aliphatic hydroxyl groups is 1. The van der Waals surface area contributed by atoms with E-state index in [2.05, 4.69) is 10.3 Å². The summed E-state index contributed by atoms with van der Waals surface area (Å²) in [4.78, 5) is 0. The van der Waals surface area contributed by atoms with Crippen LogP contribution in [0.2, 0.25) is 0 Å². The van der Waals surface area contributed by atoms with Gasteiger partial charge in [0.1, 0.15) is 0 Å². The fourth-order valence-corrected chi connectivity index (χ4v) is 2.87. The van der Waals surface area contributed by atoms with Crippen LogP contribution < -0.4 is 0 Å². The Labute approximate surface area is 108 Å². The van der Waals surface area contributed by atoms with Gasteiger partial charge in [0.15, 0.2) is 0 Å². The van der Waals surface area contributed by atoms with Gasteiger partial charge in [0.25, 0.3) is 0 Å². The molecule has 2 rings (SSSR count). The van der Waals surface area contributed by atoms with E-state index in [1.165, 1.54) is 12.8 Å². The Hall–Kier alpha value is -0.940. The van der Waals surface area contributed by atoms with Crippen LogP contribution in [0.1, 0.15) is 44.2 Å². The van der Waals surface area contributed by atoms with Crippen LogP contribution in [-0.4, -0.2) is 38.9 Å². The highest BCUT2D eigenvalue weighted by Crippen LogP contribution is 2.34. The maximum Gasteiger partial charge on any atom is 0.0940 e. The molecule has 5 heteroatoms. The van der Waals surface area contributed by atoms with Gasteiger partial charge >= 0.3 is 0 Å². The average molecular weight is 253 g/mol. The van der Waals surface area contributed by atoms with Crippen LogP contribution in [0.3, 0.4) is 0 Å². The molecule has 1 aromatic rings. The zero-order valence-corrected chi connectivity index (χ0v) is 11.3. The van der Waals surface area contributed by atoms with Crippen LogP contribution >= 0.6 is 0 Å². The maximum atomic E-state index is 10.5. The largest absolute Gasteiger partial charge is 0.390 e. The Morgan fingerprint density at radius 1 is 1.39 bits per heavy atom. The summed E-state index contributed by atoms with van der Waals surface area (Å²) in [5.74, 6) is 0. The molecular formula is C13H23N3O2. The third-order valence-corrected chi connectivity index (χ3v) is 4.02. The summed E-state index contributed by atoms with van der Waals surface area (Å²) in [5.41, 5.74) is 0.430. The number of hydrogen-bond donors (Lipinski definition) is 1. The molecule has 1 aromatic heterocycles. The van der Waals surface area contributed by atoms with Gasteiger partial charge in [-0.3, -0.25) is 4.68 Å². The number of aryl methyl sites for hydroxylation is 1. The first kappa shape index (κ1) is 13.5. The minimum Gasteiger partial charge on any atom is -0.390 e. The van der Waals surface area contributed by atoms with Gasteiger partial charge in [-0.1, -0.05) is 30.9 Å². The average Bonchev–Trinajstić information content (AvgIpc) is 2.65. The van der Waals surface area contributed by atoms with Crippen molar-refractivity contribution in [2.24, 2.45) is 7.05 Å². The second kappa shape index (κ2) is 5.80. The van der Waals surface area contributed by atoms with Crippen LogP contribution in [-0.2, 0) is 18.2 Å². The van der Waals surface area contributed by atoms with E-state index < -0.39 is 11.7 Å². The second-order valence-corrected chi connectivity index (χ2v) is 5.29. The third-order valence-electron chi connectivity index (χ3n) is 4.02. The van der Waals surface area contributed by atoms with Crippen molar-refractivity contribution < 1.29 is 9.84 Å². The summed E-state index contributed by atoms with van der Waals surface area (Å²) < 4.78 is 7.36. The molecule has 0 bridgehead atoms. The summed E-state index contributed by atoms with van der Waals surface area (Å²) in [6, 6.07) is 0. The normalized spacial score (nSPS) is 21.5. The fraction of sp³-hybridized carbons (Fsp3) is 0.846. The SMILES string of the molecule is COC1(C(O)Cc2cn(C)nn2)CCCCCC1. The van der Waals surface area contributed by atoms with Gasteiger partial charge in [0.2, 0.25) is 0 Å². The Kier molecular flexibility index (Phi) is 4.35. The molecule has 1 aliphatic carbocycles. The first-order valence-corrected chi connectivity index (χ1v) is 6.75. The molecule has 1 N–H and O–H groups in total. The minimum absolute atomic E-state index is 0.395. The van der Waals surface area contributed by atoms with E-state index in [1.807, 2.05) is 13.2 Å². The summed E-state index contributed by atoms with van der Waals surface area (Å²) in [5, 5.41) is 18.4. The van der Waals surface area contributed by atoms with Crippen LogP contribution in [0.5, 0.6) is 0 Å². The van der Waals surface area contributed by atoms with Crippen molar-refractivity contribution in [3.05, 3.63) is 11.9 Å². The van der Waals surface area contributed by atoms with Crippen LogP contribution in [0.4, 0.5) is 0 Å². The number of rotatable bonds is 4. The number of aromatic nitrogens is 3. The molecule has 0 spiro atoms. The minimum atomic E-state index is -0.503. The Morgan fingerprint density at radius 2 is 2.06 bits per heavy atom. The molecule has 18 heavy (non-hydrogen) atoms. The van der Waals surface area contributed by atoms with Crippen molar-refractivity contribution >= 4 is 0 Å². The Bertz CT molecular complexity index is 370. The molecule has 1 unspecified atom stereocenters. The Balaban J connectivity index is 2.06. The van der Waals surface area contributed by atoms with E-state index in [9.17, 15) is 5.11 Å². The summed E-state index contributed by atoms with van der Waals surface area (Å²) >= 11 is 0. The number of aliphatic hydroxyl groups excluding tert-OH is 1. The standard InChI is InChI=1S/C13H23N3O2/c1-16-10-11(14-15-16)9-12(17)13(18-2)7-5-3-4-6-8-13/h10,12,17H,3-9H2,1-2H3. The van der Waals surface area contributed by atoms with E-state index >= 15 is 0 Å². The first-order valence-electron chi connectivity index (χ1n) is 6.75. The zero-order valence-electron chi connectivity index (χ0n) is 11.3. The lowest BCUT2D eigenvalue weighted by atomic mass is 9.86. The monoisotopic (exact) mass is 253 g/mol. The summed E-state index contributed by atoms with van der Waals surface area (Å²) in [7, 11) is 3.55. The van der Waals surface area contributed by atoms with E-state index in [0.717, 1.165) is 31.4 Å². The van der Waals surface area contributed by atoms with Gasteiger partial charge in [0, 0.05) is 26.8 Å². The van der Waals surface area contributed by atoms with Crippen molar-refractivity contribution in [3.63, 3.8) is 0 Å². The van der Waals surface area contributed by atoms with Crippen LogP contribution in [0.15, 0.2) is 6.20 Å². The van der Waals surface area contributed by atoms with Crippen molar-refractivity contribution in [1.29, 1.82) is 0 Å². The van der Waals surface area contributed by atoms with E-state index in [1.54, 1.807) is 11.8 Å². The zero-order chi connectivity index (χ0) is 13.0. The van der Waals surface area contributed by atoms with Gasteiger partial charge in [-0.25, -0.2) is 0 Å². The van der Waals surface area contributed by atoms with Crippen molar-refractivity contribution in [3.8, 4) is 0 Å². The molecule has 1 saturated carbocycles. The third kappa shape index (κ3) is 2.90. The number of nitrogens with zero attached hydrogens (tertiary/aromatic N) is 3. The molecule has 1 atom stereocenters. The molecule has 0 aliphatic heterocycles. The molecule has 0 aromatic carbocycles. The van der Waals surface area contributed by atoms with E-state index in [-0.39, 0.29) is 0 Å². The molecule has 1 heterocycles. The highest BCUT2D eigenvalue weighted by molar-refractivity contribution is 5.00. The molecule has 0 saturated heterocycles. The van der Waals surface area contributed by atoms with Crippen molar-refractivity contribution in [2.75, 3.05) is 7.11 Å². The highest BCUT2D eigenvalue weighted by atomic mass is 16.5. The van der Waals surface area contributed by atoms with Crippen LogP contribution in [0, 0.1) is 0 Å². The smallest absolute Gasteiger partial charge is 0.0940 e. The molecule has 1 fully saturated rings. The molecule has 0 amide bonds. The summed E-state index contributed by atoms with van der Waals surface area (Å²) in [6.07, 6.45) is 8.47. The quantitative estimate of drug-likeness (QED) is 0.825. The molecular weight excluding hydrogens is 230 g/mol. The van der Waals surface area contributed by atoms with Gasteiger partial charge in [-0.05, 0) is 12.8 Å². The summed E-state index contributed by atoms with van der Waals surface area (Å²) in [6.45, 7) is 0. The maximum absolute atomic E-state index is 10.5. The van der Waals surface area contributed by atoms with Crippen LogP contribution in [0.25, 0.3) is 0 Å². The number of hydrogen-bond acceptors (Lipinski definition) is 4. The lowest BCUT2D eigenvalue weighted by Crippen LogP contribution is -2.45. The van der Waals surface area contributed by atoms with Gasteiger partial charge < -0.3 is 9.84 Å². The number of ether oxygens (including phenoxy) is 1. The molecule has 0 radical (unpaired) electrons. The van der Waals surface area contributed by atoms with Gasteiger partial charge in [-0.15, -0.1) is 5.10 Å². The topological polar surface area (TPSA) is 60.2 Å². The predicted molar refractivity (Wildman–Crippen MR) is 68.2 cm³/mol. The highest BCUT2D eigenvalue weighted by Gasteiger charge is 2.38.